The van der Waals surface area contributed by atoms with Gasteiger partial charge < -0.3 is 10.1 Å². The maximum Gasteiger partial charge on any atom is 0.230 e. The van der Waals surface area contributed by atoms with Crippen LogP contribution in [0.5, 0.6) is 5.75 Å². The first-order chi connectivity index (χ1) is 12.2. The summed E-state index contributed by atoms with van der Waals surface area (Å²) in [6.07, 6.45) is 6.29. The number of ether oxygens (including phenoxy) is 1. The second-order valence-electron chi connectivity index (χ2n) is 6.51. The van der Waals surface area contributed by atoms with Crippen molar-refractivity contribution < 1.29 is 9.53 Å². The van der Waals surface area contributed by atoms with Gasteiger partial charge in [-0.15, -0.1) is 10.2 Å². The summed E-state index contributed by atoms with van der Waals surface area (Å²) in [6, 6.07) is 7.98. The number of rotatable bonds is 6. The van der Waals surface area contributed by atoms with Crippen LogP contribution in [0.25, 0.3) is 5.69 Å². The predicted molar refractivity (Wildman–Crippen MR) is 98.2 cm³/mol. The summed E-state index contributed by atoms with van der Waals surface area (Å²) in [5.74, 6) is 1.91. The van der Waals surface area contributed by atoms with Crippen LogP contribution in [0.15, 0.2) is 35.7 Å². The average Bonchev–Trinajstić information content (AvgIpc) is 3.08. The number of hydrogen-bond donors (Lipinski definition) is 1. The van der Waals surface area contributed by atoms with Gasteiger partial charge in [-0.2, -0.15) is 0 Å². The quantitative estimate of drug-likeness (QED) is 0.802. The number of amides is 1. The fourth-order valence-electron chi connectivity index (χ4n) is 3.21. The molecule has 1 amide bonds. The third kappa shape index (κ3) is 4.75. The van der Waals surface area contributed by atoms with Gasteiger partial charge in [-0.3, -0.25) is 9.36 Å². The lowest BCUT2D eigenvalue weighted by Gasteiger charge is -2.27. The fraction of sp³-hybridized carbons (Fsp3) is 0.500. The summed E-state index contributed by atoms with van der Waals surface area (Å²) < 4.78 is 7.05. The van der Waals surface area contributed by atoms with Gasteiger partial charge in [-0.1, -0.05) is 31.5 Å². The van der Waals surface area contributed by atoms with Gasteiger partial charge in [-0.05, 0) is 43.0 Å². The number of carbonyl (C=O) groups is 1. The third-order valence-electron chi connectivity index (χ3n) is 4.50. The molecule has 2 aromatic rings. The van der Waals surface area contributed by atoms with Crippen molar-refractivity contribution in [2.45, 2.75) is 43.8 Å². The van der Waals surface area contributed by atoms with Crippen molar-refractivity contribution in [1.29, 1.82) is 0 Å². The van der Waals surface area contributed by atoms with Crippen LogP contribution in [-0.4, -0.2) is 39.6 Å². The van der Waals surface area contributed by atoms with E-state index in [-0.39, 0.29) is 5.91 Å². The number of nitrogens with one attached hydrogen (secondary N) is 1. The van der Waals surface area contributed by atoms with Crippen molar-refractivity contribution in [3.8, 4) is 11.4 Å². The van der Waals surface area contributed by atoms with Crippen LogP contribution >= 0.6 is 11.8 Å². The van der Waals surface area contributed by atoms with Crippen LogP contribution < -0.4 is 10.1 Å². The van der Waals surface area contributed by atoms with Crippen LogP contribution in [0.1, 0.15) is 32.6 Å². The number of methoxy groups -OCH3 is 1. The Labute approximate surface area is 152 Å². The Hall–Kier alpha value is -2.02. The second kappa shape index (κ2) is 8.38. The van der Waals surface area contributed by atoms with Gasteiger partial charge >= 0.3 is 0 Å². The maximum atomic E-state index is 12.2. The summed E-state index contributed by atoms with van der Waals surface area (Å²) in [5.41, 5.74) is 0.940. The minimum Gasteiger partial charge on any atom is -0.497 e. The van der Waals surface area contributed by atoms with Crippen LogP contribution in [0, 0.1) is 5.92 Å². The molecule has 1 aromatic carbocycles. The SMILES string of the molecule is COc1ccc(-n2cnnc2SCC(=O)NC2CCCC(C)C2)cc1. The molecule has 1 aliphatic rings. The van der Waals surface area contributed by atoms with Crippen molar-refractivity contribution >= 4 is 17.7 Å². The van der Waals surface area contributed by atoms with E-state index in [0.717, 1.165) is 24.3 Å². The minimum absolute atomic E-state index is 0.0633. The highest BCUT2D eigenvalue weighted by Gasteiger charge is 2.20. The molecule has 1 fully saturated rings. The highest BCUT2D eigenvalue weighted by Crippen LogP contribution is 2.24. The summed E-state index contributed by atoms with van der Waals surface area (Å²) >= 11 is 1.40. The Bertz CT molecular complexity index is 701. The van der Waals surface area contributed by atoms with E-state index in [1.54, 1.807) is 13.4 Å². The number of nitrogens with zero attached hydrogens (tertiary/aromatic N) is 3. The second-order valence-corrected chi connectivity index (χ2v) is 7.45. The zero-order valence-corrected chi connectivity index (χ0v) is 15.5. The van der Waals surface area contributed by atoms with Crippen LogP contribution in [0.2, 0.25) is 0 Å². The van der Waals surface area contributed by atoms with Crippen molar-refractivity contribution in [2.75, 3.05) is 12.9 Å². The molecule has 1 aromatic heterocycles. The lowest BCUT2D eigenvalue weighted by atomic mass is 9.87. The minimum atomic E-state index is 0.0633. The van der Waals surface area contributed by atoms with E-state index < -0.39 is 0 Å². The number of thioether (sulfide) groups is 1. The molecule has 3 rings (SSSR count). The molecule has 1 N–H and O–H groups in total. The Morgan fingerprint density at radius 2 is 2.16 bits per heavy atom. The van der Waals surface area contributed by atoms with E-state index in [4.69, 9.17) is 4.74 Å². The molecular weight excluding hydrogens is 336 g/mol. The summed E-state index contributed by atoms with van der Waals surface area (Å²) in [4.78, 5) is 12.2. The van der Waals surface area contributed by atoms with E-state index in [1.165, 1.54) is 24.6 Å². The normalized spacial score (nSPS) is 20.2. The lowest BCUT2D eigenvalue weighted by Crippen LogP contribution is -2.38. The molecule has 6 nitrogen and oxygen atoms in total. The molecule has 0 spiro atoms. The lowest BCUT2D eigenvalue weighted by molar-refractivity contribution is -0.119. The highest BCUT2D eigenvalue weighted by atomic mass is 32.2. The first-order valence-corrected chi connectivity index (χ1v) is 9.61. The van der Waals surface area contributed by atoms with Crippen LogP contribution in [-0.2, 0) is 4.79 Å². The number of carbonyl (C=O) groups excluding carboxylic acids is 1. The van der Waals surface area contributed by atoms with Crippen LogP contribution in [0.4, 0.5) is 0 Å². The van der Waals surface area contributed by atoms with Gasteiger partial charge in [0.25, 0.3) is 0 Å². The molecular formula is C18H24N4O2S. The molecule has 1 saturated carbocycles. The van der Waals surface area contributed by atoms with Gasteiger partial charge in [0.2, 0.25) is 5.91 Å². The Balaban J connectivity index is 1.56. The molecule has 0 saturated heterocycles. The summed E-state index contributed by atoms with van der Waals surface area (Å²) in [7, 11) is 1.64. The van der Waals surface area contributed by atoms with Crippen molar-refractivity contribution in [1.82, 2.24) is 20.1 Å². The van der Waals surface area contributed by atoms with Crippen LogP contribution in [0.3, 0.4) is 0 Å². The first-order valence-electron chi connectivity index (χ1n) is 8.62. The predicted octanol–water partition coefficient (Wildman–Crippen LogP) is 3.06. The topological polar surface area (TPSA) is 69.0 Å². The van der Waals surface area contributed by atoms with Gasteiger partial charge in [0.15, 0.2) is 5.16 Å². The molecule has 7 heteroatoms. The van der Waals surface area contributed by atoms with Gasteiger partial charge in [0.1, 0.15) is 12.1 Å². The maximum absolute atomic E-state index is 12.2. The van der Waals surface area contributed by atoms with Gasteiger partial charge in [0, 0.05) is 11.7 Å². The summed E-state index contributed by atoms with van der Waals surface area (Å²) in [6.45, 7) is 2.25. The third-order valence-corrected chi connectivity index (χ3v) is 5.44. The van der Waals surface area contributed by atoms with Gasteiger partial charge in [-0.25, -0.2) is 0 Å². The van der Waals surface area contributed by atoms with Crippen molar-refractivity contribution in [2.24, 2.45) is 5.92 Å². The first kappa shape index (κ1) is 17.8. The number of benzene rings is 1. The number of aromatic nitrogens is 3. The smallest absolute Gasteiger partial charge is 0.230 e. The van der Waals surface area contributed by atoms with E-state index in [2.05, 4.69) is 22.4 Å². The zero-order valence-electron chi connectivity index (χ0n) is 14.6. The standard InChI is InChI=1S/C18H24N4O2S/c1-13-4-3-5-14(10-13)20-17(23)11-25-18-21-19-12-22(18)15-6-8-16(24-2)9-7-15/h6-9,12-14H,3-5,10-11H2,1-2H3,(H,20,23). The van der Waals surface area contributed by atoms with Gasteiger partial charge in [0.05, 0.1) is 12.9 Å². The fourth-order valence-corrected chi connectivity index (χ4v) is 3.95. The Kier molecular flexibility index (Phi) is 5.96. The largest absolute Gasteiger partial charge is 0.497 e. The van der Waals surface area contributed by atoms with E-state index >= 15 is 0 Å². The van der Waals surface area contributed by atoms with Crippen molar-refractivity contribution in [3.05, 3.63) is 30.6 Å². The molecule has 25 heavy (non-hydrogen) atoms. The van der Waals surface area contributed by atoms with Crippen molar-refractivity contribution in [3.63, 3.8) is 0 Å². The molecule has 1 aliphatic carbocycles. The zero-order chi connectivity index (χ0) is 17.6. The molecule has 0 aliphatic heterocycles. The number of hydrogen-bond acceptors (Lipinski definition) is 5. The summed E-state index contributed by atoms with van der Waals surface area (Å²) in [5, 5.41) is 12.0. The highest BCUT2D eigenvalue weighted by molar-refractivity contribution is 7.99. The molecule has 0 radical (unpaired) electrons. The molecule has 134 valence electrons. The van der Waals surface area contributed by atoms with E-state index in [0.29, 0.717) is 22.9 Å². The molecule has 1 heterocycles. The monoisotopic (exact) mass is 360 g/mol. The average molecular weight is 360 g/mol. The molecule has 2 unspecified atom stereocenters. The van der Waals surface area contributed by atoms with E-state index in [9.17, 15) is 4.79 Å². The molecule has 0 bridgehead atoms. The Morgan fingerprint density at radius 1 is 1.36 bits per heavy atom. The van der Waals surface area contributed by atoms with E-state index in [1.807, 2.05) is 28.8 Å². The molecule has 2 atom stereocenters. The Morgan fingerprint density at radius 3 is 2.88 bits per heavy atom.